The monoisotopic (exact) mass is 290 g/mol. The molecule has 0 spiro atoms. The lowest BCUT2D eigenvalue weighted by Crippen LogP contribution is -2.40. The molecule has 2 aliphatic rings. The van der Waals surface area contributed by atoms with E-state index in [0.29, 0.717) is 0 Å². The van der Waals surface area contributed by atoms with Gasteiger partial charge in [-0.15, -0.1) is 0 Å². The van der Waals surface area contributed by atoms with Gasteiger partial charge >= 0.3 is 0 Å². The van der Waals surface area contributed by atoms with Crippen molar-refractivity contribution in [2.75, 3.05) is 19.6 Å². The van der Waals surface area contributed by atoms with E-state index in [0.717, 1.165) is 30.0 Å². The lowest BCUT2D eigenvalue weighted by atomic mass is 9.88. The number of aryl methyl sites for hydroxylation is 2. The first-order chi connectivity index (χ1) is 10.2. The van der Waals surface area contributed by atoms with E-state index in [1.165, 1.54) is 64.6 Å². The highest BCUT2D eigenvalue weighted by Gasteiger charge is 2.24. The highest BCUT2D eigenvalue weighted by Crippen LogP contribution is 2.26. The van der Waals surface area contributed by atoms with Crippen LogP contribution in [0.5, 0.6) is 0 Å². The molecule has 2 heterocycles. The molecular formula is C17H30N4. The second-order valence-electron chi connectivity index (χ2n) is 7.16. The molecule has 0 unspecified atom stereocenters. The summed E-state index contributed by atoms with van der Waals surface area (Å²) in [7, 11) is 0. The molecule has 4 heteroatoms. The Morgan fingerprint density at radius 1 is 0.952 bits per heavy atom. The van der Waals surface area contributed by atoms with Crippen LogP contribution in [0.2, 0.25) is 0 Å². The van der Waals surface area contributed by atoms with Crippen LogP contribution in [0, 0.1) is 25.7 Å². The van der Waals surface area contributed by atoms with Gasteiger partial charge in [0.2, 0.25) is 0 Å². The lowest BCUT2D eigenvalue weighted by molar-refractivity contribution is 0.127. The Labute approximate surface area is 128 Å². The van der Waals surface area contributed by atoms with Crippen molar-refractivity contribution in [1.29, 1.82) is 0 Å². The topological polar surface area (TPSA) is 34.0 Å². The molecule has 1 saturated heterocycles. The summed E-state index contributed by atoms with van der Waals surface area (Å²) in [6.07, 6.45) is 10.00. The predicted molar refractivity (Wildman–Crippen MR) is 85.2 cm³/mol. The Morgan fingerprint density at radius 3 is 2.43 bits per heavy atom. The zero-order valence-corrected chi connectivity index (χ0v) is 13.7. The maximum Gasteiger partial charge on any atom is 0.147 e. The van der Waals surface area contributed by atoms with E-state index < -0.39 is 0 Å². The van der Waals surface area contributed by atoms with Crippen molar-refractivity contribution < 1.29 is 0 Å². The molecule has 1 aliphatic heterocycles. The Kier molecular flexibility index (Phi) is 4.94. The largest absolute Gasteiger partial charge is 0.303 e. The van der Waals surface area contributed by atoms with Gasteiger partial charge in [-0.05, 0) is 57.9 Å². The van der Waals surface area contributed by atoms with Gasteiger partial charge in [-0.2, -0.15) is 5.10 Å². The van der Waals surface area contributed by atoms with Crippen LogP contribution in [0.25, 0.3) is 0 Å². The van der Waals surface area contributed by atoms with Crippen molar-refractivity contribution in [3.05, 3.63) is 11.6 Å². The first-order valence-electron chi connectivity index (χ1n) is 8.81. The molecule has 0 N–H and O–H groups in total. The van der Waals surface area contributed by atoms with E-state index in [1.54, 1.807) is 0 Å². The van der Waals surface area contributed by atoms with Crippen LogP contribution in [0.1, 0.15) is 56.6 Å². The highest BCUT2D eigenvalue weighted by atomic mass is 15.3. The second kappa shape index (κ2) is 6.91. The average molecular weight is 290 g/mol. The number of hydrogen-bond acceptors (Lipinski definition) is 3. The zero-order chi connectivity index (χ0) is 14.7. The molecule has 2 fully saturated rings. The Bertz CT molecular complexity index is 448. The number of piperidine rings is 1. The molecule has 1 aliphatic carbocycles. The first kappa shape index (κ1) is 15.0. The van der Waals surface area contributed by atoms with Gasteiger partial charge in [-0.1, -0.05) is 19.3 Å². The molecule has 1 saturated carbocycles. The smallest absolute Gasteiger partial charge is 0.147 e. The van der Waals surface area contributed by atoms with Crippen LogP contribution in [0.4, 0.5) is 0 Å². The minimum Gasteiger partial charge on any atom is -0.303 e. The molecule has 4 nitrogen and oxygen atoms in total. The summed E-state index contributed by atoms with van der Waals surface area (Å²) in [6.45, 7) is 9.01. The molecule has 0 amide bonds. The van der Waals surface area contributed by atoms with Gasteiger partial charge in [0.15, 0.2) is 0 Å². The van der Waals surface area contributed by atoms with E-state index in [1.807, 2.05) is 6.92 Å². The number of likely N-dealkylation sites (tertiary alicyclic amines) is 1. The van der Waals surface area contributed by atoms with Gasteiger partial charge in [-0.3, -0.25) is 0 Å². The zero-order valence-electron chi connectivity index (χ0n) is 13.7. The van der Waals surface area contributed by atoms with Crippen LogP contribution in [-0.4, -0.2) is 39.3 Å². The van der Waals surface area contributed by atoms with E-state index in [4.69, 9.17) is 0 Å². The second-order valence-corrected chi connectivity index (χ2v) is 7.16. The van der Waals surface area contributed by atoms with Crippen LogP contribution in [0.3, 0.4) is 0 Å². The summed E-state index contributed by atoms with van der Waals surface area (Å²) in [5, 5.41) is 4.53. The molecule has 0 bridgehead atoms. The fraction of sp³-hybridized carbons (Fsp3) is 0.882. The SMILES string of the molecule is Cc1nc(C)n(C[C@@H]2CCCN(CC3CCCCC3)C2)n1. The van der Waals surface area contributed by atoms with Crippen molar-refractivity contribution in [2.45, 2.75) is 65.3 Å². The molecule has 21 heavy (non-hydrogen) atoms. The van der Waals surface area contributed by atoms with Crippen LogP contribution < -0.4 is 0 Å². The Balaban J connectivity index is 1.51. The lowest BCUT2D eigenvalue weighted by Gasteiger charge is -2.36. The average Bonchev–Trinajstić information content (AvgIpc) is 2.78. The van der Waals surface area contributed by atoms with Gasteiger partial charge in [-0.25, -0.2) is 9.67 Å². The van der Waals surface area contributed by atoms with Gasteiger partial charge in [0.1, 0.15) is 11.6 Å². The van der Waals surface area contributed by atoms with E-state index in [2.05, 4.69) is 26.6 Å². The molecule has 0 radical (unpaired) electrons. The highest BCUT2D eigenvalue weighted by molar-refractivity contribution is 4.88. The van der Waals surface area contributed by atoms with E-state index in [-0.39, 0.29) is 0 Å². The van der Waals surface area contributed by atoms with Crippen LogP contribution >= 0.6 is 0 Å². The third kappa shape index (κ3) is 4.06. The number of aromatic nitrogens is 3. The summed E-state index contributed by atoms with van der Waals surface area (Å²) in [6, 6.07) is 0. The van der Waals surface area contributed by atoms with Crippen molar-refractivity contribution in [3.63, 3.8) is 0 Å². The summed E-state index contributed by atoms with van der Waals surface area (Å²) in [5.41, 5.74) is 0. The quantitative estimate of drug-likeness (QED) is 0.854. The van der Waals surface area contributed by atoms with E-state index in [9.17, 15) is 0 Å². The van der Waals surface area contributed by atoms with Crippen molar-refractivity contribution >= 4 is 0 Å². The van der Waals surface area contributed by atoms with Crippen LogP contribution in [-0.2, 0) is 6.54 Å². The van der Waals surface area contributed by atoms with Crippen LogP contribution in [0.15, 0.2) is 0 Å². The molecule has 1 aromatic rings. The molecule has 1 atom stereocenters. The van der Waals surface area contributed by atoms with Crippen molar-refractivity contribution in [2.24, 2.45) is 11.8 Å². The fourth-order valence-corrected chi connectivity index (χ4v) is 4.18. The standard InChI is InChI=1S/C17H30N4/c1-14-18-15(2)21(19-14)13-17-9-6-10-20(12-17)11-16-7-4-3-5-8-16/h16-17H,3-13H2,1-2H3/t17-/m1/s1. The van der Waals surface area contributed by atoms with Gasteiger partial charge < -0.3 is 4.90 Å². The van der Waals surface area contributed by atoms with Gasteiger partial charge in [0.05, 0.1) is 0 Å². The normalized spacial score (nSPS) is 25.3. The minimum absolute atomic E-state index is 0.752. The third-order valence-electron chi connectivity index (χ3n) is 5.24. The molecule has 1 aromatic heterocycles. The summed E-state index contributed by atoms with van der Waals surface area (Å²) in [5.74, 6) is 3.69. The Morgan fingerprint density at radius 2 is 1.71 bits per heavy atom. The van der Waals surface area contributed by atoms with Crippen molar-refractivity contribution in [3.8, 4) is 0 Å². The predicted octanol–water partition coefficient (Wildman–Crippen LogP) is 3.19. The molecular weight excluding hydrogens is 260 g/mol. The molecule has 118 valence electrons. The fourth-order valence-electron chi connectivity index (χ4n) is 4.18. The molecule has 3 rings (SSSR count). The third-order valence-corrected chi connectivity index (χ3v) is 5.24. The minimum atomic E-state index is 0.752. The Hall–Kier alpha value is -0.900. The first-order valence-corrected chi connectivity index (χ1v) is 8.81. The summed E-state index contributed by atoms with van der Waals surface area (Å²) in [4.78, 5) is 7.15. The van der Waals surface area contributed by atoms with Gasteiger partial charge in [0, 0.05) is 19.6 Å². The summed E-state index contributed by atoms with van der Waals surface area (Å²) < 4.78 is 2.12. The number of nitrogens with zero attached hydrogens (tertiary/aromatic N) is 4. The number of hydrogen-bond donors (Lipinski definition) is 0. The van der Waals surface area contributed by atoms with Gasteiger partial charge in [0.25, 0.3) is 0 Å². The number of rotatable bonds is 4. The molecule has 0 aromatic carbocycles. The van der Waals surface area contributed by atoms with E-state index >= 15 is 0 Å². The maximum atomic E-state index is 4.53. The maximum absolute atomic E-state index is 4.53. The van der Waals surface area contributed by atoms with Crippen molar-refractivity contribution in [1.82, 2.24) is 19.7 Å². The summed E-state index contributed by atoms with van der Waals surface area (Å²) >= 11 is 0.